The molecule has 0 unspecified atom stereocenters. The van der Waals surface area contributed by atoms with Gasteiger partial charge < -0.3 is 5.11 Å². The molecule has 0 saturated heterocycles. The number of hydrogen-bond donors (Lipinski definition) is 2. The maximum atomic E-state index is 10.1. The van der Waals surface area contributed by atoms with Crippen LogP contribution in [0.2, 0.25) is 0 Å². The van der Waals surface area contributed by atoms with Crippen molar-refractivity contribution in [3.63, 3.8) is 0 Å². The molecule has 0 aromatic carbocycles. The fraction of sp³-hybridized carbons (Fsp3) is 0.222. The average Bonchev–Trinajstić information content (AvgIpc) is 2.10. The van der Waals surface area contributed by atoms with Crippen molar-refractivity contribution in [3.8, 4) is 0 Å². The number of hydrogen-bond acceptors (Lipinski definition) is 3. The highest BCUT2D eigenvalue weighted by Crippen LogP contribution is 2.11. The molecule has 13 heavy (non-hydrogen) atoms. The maximum Gasteiger partial charge on any atom is 0.304 e. The molecule has 0 rings (SSSR count). The molecule has 0 aliphatic rings. The molecule has 0 aliphatic carbocycles. The predicted octanol–water partition coefficient (Wildman–Crippen LogP) is 1.95. The minimum atomic E-state index is -0.805. The van der Waals surface area contributed by atoms with Crippen molar-refractivity contribution in [1.29, 1.82) is 0 Å². The Hall–Kier alpha value is -1.00. The summed E-state index contributed by atoms with van der Waals surface area (Å²) >= 11 is 1.35. The molecular formula is C9H13NO2S. The molecule has 3 nitrogen and oxygen atoms in total. The van der Waals surface area contributed by atoms with Crippen LogP contribution < -0.4 is 4.72 Å². The van der Waals surface area contributed by atoms with E-state index in [1.54, 1.807) is 18.2 Å². The normalized spacial score (nSPS) is 10.9. The van der Waals surface area contributed by atoms with Gasteiger partial charge in [-0.2, -0.15) is 0 Å². The van der Waals surface area contributed by atoms with E-state index in [0.717, 1.165) is 4.91 Å². The van der Waals surface area contributed by atoms with Gasteiger partial charge in [-0.05, 0) is 18.0 Å². The van der Waals surface area contributed by atoms with Crippen molar-refractivity contribution < 1.29 is 9.90 Å². The third-order valence-corrected chi connectivity index (χ3v) is 2.00. The van der Waals surface area contributed by atoms with Gasteiger partial charge in [0.1, 0.15) is 0 Å². The van der Waals surface area contributed by atoms with Gasteiger partial charge in [0.05, 0.1) is 6.42 Å². The molecule has 0 bridgehead atoms. The molecular weight excluding hydrogens is 186 g/mol. The van der Waals surface area contributed by atoms with Crippen molar-refractivity contribution in [3.05, 3.63) is 36.3 Å². The highest BCUT2D eigenvalue weighted by Gasteiger charge is 1.96. The molecule has 0 heterocycles. The lowest BCUT2D eigenvalue weighted by molar-refractivity contribution is -0.136. The van der Waals surface area contributed by atoms with E-state index in [0.29, 0.717) is 6.54 Å². The highest BCUT2D eigenvalue weighted by atomic mass is 32.2. The lowest BCUT2D eigenvalue weighted by Crippen LogP contribution is -2.10. The molecule has 0 radical (unpaired) electrons. The Balaban J connectivity index is 3.61. The number of allylic oxidation sites excluding steroid dienone is 3. The van der Waals surface area contributed by atoms with Gasteiger partial charge in [-0.1, -0.05) is 25.3 Å². The lowest BCUT2D eigenvalue weighted by atomic mass is 10.5. The van der Waals surface area contributed by atoms with E-state index < -0.39 is 5.97 Å². The zero-order valence-corrected chi connectivity index (χ0v) is 8.14. The Bertz CT molecular complexity index is 224. The molecule has 0 aliphatic heterocycles. The van der Waals surface area contributed by atoms with E-state index in [1.807, 2.05) is 0 Å². The second-order valence-corrected chi connectivity index (χ2v) is 3.11. The van der Waals surface area contributed by atoms with E-state index in [9.17, 15) is 4.79 Å². The first-order valence-electron chi connectivity index (χ1n) is 3.77. The molecule has 0 aromatic rings. The van der Waals surface area contributed by atoms with Gasteiger partial charge in [0, 0.05) is 11.4 Å². The summed E-state index contributed by atoms with van der Waals surface area (Å²) in [5, 5.41) is 8.34. The van der Waals surface area contributed by atoms with Crippen LogP contribution in [-0.4, -0.2) is 17.6 Å². The topological polar surface area (TPSA) is 49.3 Å². The Morgan fingerprint density at radius 2 is 2.23 bits per heavy atom. The second kappa shape index (κ2) is 7.64. The van der Waals surface area contributed by atoms with Crippen LogP contribution in [0.25, 0.3) is 0 Å². The van der Waals surface area contributed by atoms with E-state index in [4.69, 9.17) is 5.11 Å². The minimum absolute atomic E-state index is 0.117. The predicted molar refractivity (Wildman–Crippen MR) is 56.3 cm³/mol. The molecule has 0 saturated carbocycles. The largest absolute Gasteiger partial charge is 0.481 e. The first-order valence-corrected chi connectivity index (χ1v) is 4.59. The summed E-state index contributed by atoms with van der Waals surface area (Å²) < 4.78 is 2.90. The molecule has 0 spiro atoms. The van der Waals surface area contributed by atoms with Crippen molar-refractivity contribution in [2.24, 2.45) is 0 Å². The van der Waals surface area contributed by atoms with E-state index in [2.05, 4.69) is 17.9 Å². The molecule has 0 aromatic heterocycles. The van der Waals surface area contributed by atoms with Crippen LogP contribution >= 0.6 is 11.9 Å². The SMILES string of the molecule is C=C/C=C(\C=C)SNCCC(=O)O. The summed E-state index contributed by atoms with van der Waals surface area (Å²) in [6.45, 7) is 7.58. The third kappa shape index (κ3) is 7.36. The lowest BCUT2D eigenvalue weighted by Gasteiger charge is -2.01. The van der Waals surface area contributed by atoms with Crippen molar-refractivity contribution in [2.45, 2.75) is 6.42 Å². The average molecular weight is 199 g/mol. The Morgan fingerprint density at radius 1 is 1.54 bits per heavy atom. The molecule has 72 valence electrons. The monoisotopic (exact) mass is 199 g/mol. The summed E-state index contributed by atoms with van der Waals surface area (Å²) in [4.78, 5) is 11.1. The summed E-state index contributed by atoms with van der Waals surface area (Å²) in [7, 11) is 0. The zero-order valence-electron chi connectivity index (χ0n) is 7.32. The summed E-state index contributed by atoms with van der Waals surface area (Å²) in [5.41, 5.74) is 0. The van der Waals surface area contributed by atoms with E-state index in [-0.39, 0.29) is 6.42 Å². The number of carboxylic acid groups (broad SMARTS) is 1. The number of nitrogens with one attached hydrogen (secondary N) is 1. The molecule has 4 heteroatoms. The zero-order chi connectivity index (χ0) is 10.1. The van der Waals surface area contributed by atoms with Crippen LogP contribution in [0.4, 0.5) is 0 Å². The quantitative estimate of drug-likeness (QED) is 0.374. The highest BCUT2D eigenvalue weighted by molar-refractivity contribution is 8.01. The third-order valence-electron chi connectivity index (χ3n) is 1.11. The van der Waals surface area contributed by atoms with Crippen LogP contribution in [0.3, 0.4) is 0 Å². The fourth-order valence-corrected chi connectivity index (χ4v) is 1.17. The smallest absolute Gasteiger partial charge is 0.304 e. The van der Waals surface area contributed by atoms with Crippen molar-refractivity contribution >= 4 is 17.9 Å². The number of carboxylic acids is 1. The van der Waals surface area contributed by atoms with Crippen LogP contribution in [0.15, 0.2) is 36.3 Å². The van der Waals surface area contributed by atoms with Crippen LogP contribution in [-0.2, 0) is 4.79 Å². The van der Waals surface area contributed by atoms with Crippen molar-refractivity contribution in [2.75, 3.05) is 6.54 Å². The molecule has 0 amide bonds. The molecule has 2 N–H and O–H groups in total. The van der Waals surface area contributed by atoms with E-state index >= 15 is 0 Å². The first-order chi connectivity index (χ1) is 6.20. The maximum absolute atomic E-state index is 10.1. The number of rotatable bonds is 7. The van der Waals surface area contributed by atoms with Crippen LogP contribution in [0.5, 0.6) is 0 Å². The Kier molecular flexibility index (Phi) is 7.05. The second-order valence-electron chi connectivity index (χ2n) is 2.15. The summed E-state index contributed by atoms with van der Waals surface area (Å²) in [6.07, 6.45) is 5.25. The Labute approximate surface area is 82.4 Å². The minimum Gasteiger partial charge on any atom is -0.481 e. The van der Waals surface area contributed by atoms with Gasteiger partial charge in [-0.3, -0.25) is 9.52 Å². The molecule has 0 fully saturated rings. The first kappa shape index (κ1) is 12.0. The summed E-state index contributed by atoms with van der Waals surface area (Å²) in [5.74, 6) is -0.805. The summed E-state index contributed by atoms with van der Waals surface area (Å²) in [6, 6.07) is 0. The van der Waals surface area contributed by atoms with Gasteiger partial charge >= 0.3 is 5.97 Å². The van der Waals surface area contributed by atoms with Crippen molar-refractivity contribution in [1.82, 2.24) is 4.72 Å². The molecule has 0 atom stereocenters. The fourth-order valence-electron chi connectivity index (χ4n) is 0.552. The number of aliphatic carboxylic acids is 1. The van der Waals surface area contributed by atoms with Gasteiger partial charge in [0.15, 0.2) is 0 Å². The number of carbonyl (C=O) groups is 1. The van der Waals surface area contributed by atoms with Gasteiger partial charge in [0.25, 0.3) is 0 Å². The van der Waals surface area contributed by atoms with Crippen LogP contribution in [0.1, 0.15) is 6.42 Å². The van der Waals surface area contributed by atoms with Crippen LogP contribution in [0, 0.1) is 0 Å². The van der Waals surface area contributed by atoms with Gasteiger partial charge in [-0.15, -0.1) is 0 Å². The van der Waals surface area contributed by atoms with Gasteiger partial charge in [0.2, 0.25) is 0 Å². The Morgan fingerprint density at radius 3 is 2.69 bits per heavy atom. The van der Waals surface area contributed by atoms with Gasteiger partial charge in [-0.25, -0.2) is 0 Å². The standard InChI is InChI=1S/C9H13NO2S/c1-3-5-8(4-2)13-10-7-6-9(11)12/h3-5,10H,1-2,6-7H2,(H,11,12)/b8-5+. The van der Waals surface area contributed by atoms with E-state index in [1.165, 1.54) is 11.9 Å².